The molecule has 2 amide bonds. The number of nitrogen functional groups attached to an aromatic ring is 1. The Kier molecular flexibility index (Phi) is 7.15. The van der Waals surface area contributed by atoms with Crippen LogP contribution in [0.1, 0.15) is 22.4 Å². The second kappa shape index (κ2) is 10.5. The van der Waals surface area contributed by atoms with E-state index in [4.69, 9.17) is 10.5 Å². The van der Waals surface area contributed by atoms with Gasteiger partial charge in [-0.05, 0) is 54.8 Å². The second-order valence-corrected chi connectivity index (χ2v) is 9.42. The van der Waals surface area contributed by atoms with Crippen molar-refractivity contribution in [3.05, 3.63) is 71.2 Å². The maximum atomic E-state index is 13.1. The topological polar surface area (TPSA) is 110 Å². The minimum atomic E-state index is -4.51. The van der Waals surface area contributed by atoms with Crippen molar-refractivity contribution in [1.29, 1.82) is 0 Å². The molecule has 204 valence electrons. The molecule has 1 aliphatic rings. The Morgan fingerprint density at radius 2 is 1.79 bits per heavy atom. The Morgan fingerprint density at radius 1 is 1.08 bits per heavy atom. The molecule has 1 fully saturated rings. The Hall–Kier alpha value is -4.16. The average Bonchev–Trinajstić information content (AvgIpc) is 3.18. The maximum absolute atomic E-state index is 13.1. The number of nitrogens with zero attached hydrogens (tertiary/aromatic N) is 4. The second-order valence-electron chi connectivity index (χ2n) is 9.42. The molecular formula is C27H28F3N7O2. The number of amides is 2. The number of carbonyl (C=O) groups is 1. The van der Waals surface area contributed by atoms with E-state index in [9.17, 15) is 18.0 Å². The molecule has 2 aromatic carbocycles. The van der Waals surface area contributed by atoms with Gasteiger partial charge >= 0.3 is 12.2 Å². The van der Waals surface area contributed by atoms with Gasteiger partial charge in [0.15, 0.2) is 5.82 Å². The highest BCUT2D eigenvalue weighted by molar-refractivity contribution is 6.00. The maximum Gasteiger partial charge on any atom is 0.416 e. The third-order valence-electron chi connectivity index (χ3n) is 6.84. The number of halogens is 3. The highest BCUT2D eigenvalue weighted by Crippen LogP contribution is 2.36. The van der Waals surface area contributed by atoms with Crippen LogP contribution in [-0.2, 0) is 17.5 Å². The highest BCUT2D eigenvalue weighted by Gasteiger charge is 2.31. The number of carbonyl (C=O) groups excluding carboxylic acids is 1. The van der Waals surface area contributed by atoms with Gasteiger partial charge in [0.1, 0.15) is 11.8 Å². The monoisotopic (exact) mass is 539 g/mol. The summed E-state index contributed by atoms with van der Waals surface area (Å²) < 4.78 is 46.5. The third-order valence-corrected chi connectivity index (χ3v) is 6.84. The SMILES string of the molecule is Cc1ccc(C(F)(F)F)cc1NC(=O)Nc1ccc(-c2c(C)c(CN3CCOCC3)n3ncnc(N)c23)cc1. The summed E-state index contributed by atoms with van der Waals surface area (Å²) in [5.41, 5.74) is 11.0. The molecule has 3 heterocycles. The minimum Gasteiger partial charge on any atom is -0.382 e. The summed E-state index contributed by atoms with van der Waals surface area (Å²) in [6.45, 7) is 7.34. The normalized spacial score (nSPS) is 14.5. The van der Waals surface area contributed by atoms with Crippen LogP contribution in [0.4, 0.5) is 35.2 Å². The Labute approximate surface area is 222 Å². The smallest absolute Gasteiger partial charge is 0.382 e. The lowest BCUT2D eigenvalue weighted by Crippen LogP contribution is -2.36. The lowest BCUT2D eigenvalue weighted by molar-refractivity contribution is -0.137. The molecule has 4 N–H and O–H groups in total. The van der Waals surface area contributed by atoms with Crippen LogP contribution in [-0.4, -0.2) is 51.8 Å². The van der Waals surface area contributed by atoms with Gasteiger partial charge in [0.2, 0.25) is 0 Å². The summed E-state index contributed by atoms with van der Waals surface area (Å²) in [7, 11) is 0. The first kappa shape index (κ1) is 26.4. The molecular weight excluding hydrogens is 511 g/mol. The van der Waals surface area contributed by atoms with E-state index in [0.29, 0.717) is 42.3 Å². The largest absolute Gasteiger partial charge is 0.416 e. The van der Waals surface area contributed by atoms with Gasteiger partial charge in [-0.2, -0.15) is 18.3 Å². The lowest BCUT2D eigenvalue weighted by atomic mass is 10.0. The zero-order valence-corrected chi connectivity index (χ0v) is 21.5. The zero-order chi connectivity index (χ0) is 27.7. The molecule has 12 heteroatoms. The summed E-state index contributed by atoms with van der Waals surface area (Å²) >= 11 is 0. The first-order valence-electron chi connectivity index (χ1n) is 12.4. The fourth-order valence-corrected chi connectivity index (χ4v) is 4.73. The fourth-order valence-electron chi connectivity index (χ4n) is 4.73. The molecule has 0 saturated carbocycles. The molecule has 2 aromatic heterocycles. The fraction of sp³-hybridized carbons (Fsp3) is 0.296. The van der Waals surface area contributed by atoms with Crippen molar-refractivity contribution in [2.45, 2.75) is 26.6 Å². The van der Waals surface area contributed by atoms with Crippen molar-refractivity contribution < 1.29 is 22.7 Å². The molecule has 0 aliphatic carbocycles. The molecule has 1 saturated heterocycles. The zero-order valence-electron chi connectivity index (χ0n) is 21.5. The van der Waals surface area contributed by atoms with Crippen LogP contribution in [0.2, 0.25) is 0 Å². The predicted octanol–water partition coefficient (Wildman–Crippen LogP) is 5.09. The summed E-state index contributed by atoms with van der Waals surface area (Å²) in [6.07, 6.45) is -3.07. The number of hydrogen-bond acceptors (Lipinski definition) is 6. The molecule has 0 spiro atoms. The summed E-state index contributed by atoms with van der Waals surface area (Å²) in [5.74, 6) is 0.356. The molecule has 9 nitrogen and oxygen atoms in total. The number of morpholine rings is 1. The first-order chi connectivity index (χ1) is 18.6. The number of aromatic nitrogens is 3. The number of fused-ring (bicyclic) bond motifs is 1. The van der Waals surface area contributed by atoms with Gasteiger partial charge < -0.3 is 21.1 Å². The number of nitrogens with two attached hydrogens (primary N) is 1. The van der Waals surface area contributed by atoms with Crippen LogP contribution < -0.4 is 16.4 Å². The van der Waals surface area contributed by atoms with Gasteiger partial charge in [-0.3, -0.25) is 4.90 Å². The summed E-state index contributed by atoms with van der Waals surface area (Å²) in [6, 6.07) is 9.70. The van der Waals surface area contributed by atoms with Crippen molar-refractivity contribution in [1.82, 2.24) is 19.5 Å². The number of ether oxygens (including phenoxy) is 1. The van der Waals surface area contributed by atoms with Gasteiger partial charge in [-0.15, -0.1) is 0 Å². The van der Waals surface area contributed by atoms with Crippen molar-refractivity contribution in [2.75, 3.05) is 42.7 Å². The molecule has 0 radical (unpaired) electrons. The number of aryl methyl sites for hydroxylation is 1. The van der Waals surface area contributed by atoms with E-state index in [1.54, 1.807) is 19.1 Å². The summed E-state index contributed by atoms with van der Waals surface area (Å²) in [5, 5.41) is 9.64. The quantitative estimate of drug-likeness (QED) is 0.326. The Balaban J connectivity index is 1.38. The van der Waals surface area contributed by atoms with E-state index < -0.39 is 17.8 Å². The van der Waals surface area contributed by atoms with Crippen molar-refractivity contribution in [3.63, 3.8) is 0 Å². The minimum absolute atomic E-state index is 0.0816. The van der Waals surface area contributed by atoms with Crippen LogP contribution in [0.25, 0.3) is 16.6 Å². The lowest BCUT2D eigenvalue weighted by Gasteiger charge is -2.26. The van der Waals surface area contributed by atoms with Gasteiger partial charge in [0.05, 0.1) is 24.5 Å². The molecule has 0 bridgehead atoms. The number of nitrogens with one attached hydrogen (secondary N) is 2. The van der Waals surface area contributed by atoms with E-state index in [2.05, 4.69) is 25.6 Å². The first-order valence-corrected chi connectivity index (χ1v) is 12.4. The van der Waals surface area contributed by atoms with Crippen LogP contribution in [0, 0.1) is 13.8 Å². The molecule has 0 atom stereocenters. The number of alkyl halides is 3. The van der Waals surface area contributed by atoms with Crippen molar-refractivity contribution in [2.24, 2.45) is 0 Å². The van der Waals surface area contributed by atoms with Gasteiger partial charge in [0.25, 0.3) is 0 Å². The van der Waals surface area contributed by atoms with E-state index in [1.165, 1.54) is 12.4 Å². The number of rotatable bonds is 5. The van der Waals surface area contributed by atoms with Crippen LogP contribution >= 0.6 is 0 Å². The molecule has 1 aliphatic heterocycles. The number of benzene rings is 2. The van der Waals surface area contributed by atoms with Crippen LogP contribution in [0.3, 0.4) is 0 Å². The van der Waals surface area contributed by atoms with Crippen molar-refractivity contribution >= 4 is 28.7 Å². The molecule has 0 unspecified atom stereocenters. The Bertz CT molecular complexity index is 1510. The van der Waals surface area contributed by atoms with E-state index in [1.807, 2.05) is 23.6 Å². The van der Waals surface area contributed by atoms with Gasteiger partial charge in [-0.25, -0.2) is 14.3 Å². The Morgan fingerprint density at radius 3 is 2.49 bits per heavy atom. The van der Waals surface area contributed by atoms with Crippen LogP contribution in [0.5, 0.6) is 0 Å². The highest BCUT2D eigenvalue weighted by atomic mass is 19.4. The number of hydrogen-bond donors (Lipinski definition) is 3. The van der Waals surface area contributed by atoms with Gasteiger partial charge in [0, 0.05) is 36.6 Å². The van der Waals surface area contributed by atoms with E-state index in [0.717, 1.165) is 47.6 Å². The third kappa shape index (κ3) is 5.52. The van der Waals surface area contributed by atoms with E-state index >= 15 is 0 Å². The van der Waals surface area contributed by atoms with E-state index in [-0.39, 0.29) is 5.69 Å². The van der Waals surface area contributed by atoms with Crippen LogP contribution in [0.15, 0.2) is 48.8 Å². The number of anilines is 3. The molecule has 4 aromatic rings. The summed E-state index contributed by atoms with van der Waals surface area (Å²) in [4.78, 5) is 19.1. The number of urea groups is 1. The average molecular weight is 540 g/mol. The molecule has 5 rings (SSSR count). The van der Waals surface area contributed by atoms with Crippen molar-refractivity contribution in [3.8, 4) is 11.1 Å². The van der Waals surface area contributed by atoms with Gasteiger partial charge in [-0.1, -0.05) is 18.2 Å². The molecule has 39 heavy (non-hydrogen) atoms. The standard InChI is InChI=1S/C27H28F3N7O2/c1-16-3-6-19(27(28,29)30)13-21(16)35-26(38)34-20-7-4-18(5-8-20)23-17(2)22(14-36-9-11-39-12-10-36)37-24(23)25(31)32-15-33-37/h3-8,13,15H,9-12,14H2,1-2H3,(H2,31,32,33)(H2,34,35,38). The predicted molar refractivity (Wildman–Crippen MR) is 142 cm³/mol.